The summed E-state index contributed by atoms with van der Waals surface area (Å²) in [7, 11) is 1.56. The molecule has 2 aliphatic rings. The molecular weight excluding hydrogens is 562 g/mol. The topological polar surface area (TPSA) is 139 Å². The van der Waals surface area contributed by atoms with Crippen molar-refractivity contribution >= 4 is 40.3 Å². The van der Waals surface area contributed by atoms with Crippen LogP contribution in [-0.2, 0) is 30.4 Å². The third-order valence-corrected chi connectivity index (χ3v) is 9.11. The third-order valence-electron chi connectivity index (χ3n) is 9.11. The molecule has 0 saturated carbocycles. The number of aromatic nitrogens is 1. The van der Waals surface area contributed by atoms with Gasteiger partial charge in [-0.2, -0.15) is 4.73 Å². The SMILES string of the molecule is CCC(=O)CCCCC[C@H]1NC(=O)[C@H]2CCCN2C(=O)[C@H](C(C)CC)NC(=O)[C@H](Cc2cn(OC)c3ccccc23)NC1=O. The molecule has 2 aliphatic heterocycles. The summed E-state index contributed by atoms with van der Waals surface area (Å²) in [6.45, 7) is 6.12. The second-order valence-corrected chi connectivity index (χ2v) is 12.1. The van der Waals surface area contributed by atoms with Crippen molar-refractivity contribution in [3.63, 3.8) is 0 Å². The Morgan fingerprint density at radius 2 is 1.70 bits per heavy atom. The molecule has 2 saturated heterocycles. The Kier molecular flexibility index (Phi) is 11.4. The molecule has 44 heavy (non-hydrogen) atoms. The summed E-state index contributed by atoms with van der Waals surface area (Å²) in [4.78, 5) is 74.0. The van der Waals surface area contributed by atoms with Gasteiger partial charge in [-0.15, -0.1) is 0 Å². The number of nitrogens with one attached hydrogen (secondary N) is 3. The molecular formula is C33H47N5O6. The fourth-order valence-corrected chi connectivity index (χ4v) is 6.21. The third kappa shape index (κ3) is 7.60. The van der Waals surface area contributed by atoms with Gasteiger partial charge in [0.1, 0.15) is 37.1 Å². The maximum Gasteiger partial charge on any atom is 0.246 e. The van der Waals surface area contributed by atoms with E-state index in [9.17, 15) is 24.0 Å². The lowest BCUT2D eigenvalue weighted by Gasteiger charge is -2.34. The Morgan fingerprint density at radius 1 is 0.977 bits per heavy atom. The highest BCUT2D eigenvalue weighted by molar-refractivity contribution is 5.98. The van der Waals surface area contributed by atoms with Gasteiger partial charge >= 0.3 is 0 Å². The Labute approximate surface area is 259 Å². The summed E-state index contributed by atoms with van der Waals surface area (Å²) in [5, 5.41) is 9.69. The predicted octanol–water partition coefficient (Wildman–Crippen LogP) is 2.68. The smallest absolute Gasteiger partial charge is 0.246 e. The van der Waals surface area contributed by atoms with E-state index in [1.807, 2.05) is 45.0 Å². The number of benzene rings is 1. The number of carbonyl (C=O) groups excluding carboxylic acids is 5. The number of nitrogens with zero attached hydrogens (tertiary/aromatic N) is 2. The van der Waals surface area contributed by atoms with Crippen LogP contribution in [-0.4, -0.2) is 76.9 Å². The van der Waals surface area contributed by atoms with E-state index < -0.39 is 36.0 Å². The molecule has 11 heteroatoms. The van der Waals surface area contributed by atoms with E-state index >= 15 is 0 Å². The minimum Gasteiger partial charge on any atom is -0.417 e. The molecule has 4 amide bonds. The van der Waals surface area contributed by atoms with Crippen molar-refractivity contribution in [1.82, 2.24) is 25.6 Å². The van der Waals surface area contributed by atoms with E-state index in [2.05, 4.69) is 16.0 Å². The van der Waals surface area contributed by atoms with Crippen LogP contribution < -0.4 is 20.8 Å². The summed E-state index contributed by atoms with van der Waals surface area (Å²) >= 11 is 0. The lowest BCUT2D eigenvalue weighted by Crippen LogP contribution is -2.62. The van der Waals surface area contributed by atoms with Gasteiger partial charge in [0, 0.05) is 37.4 Å². The number of para-hydroxylation sites is 1. The highest BCUT2D eigenvalue weighted by atomic mass is 16.6. The molecule has 2 fully saturated rings. The van der Waals surface area contributed by atoms with Crippen LogP contribution in [0.15, 0.2) is 30.5 Å². The van der Waals surface area contributed by atoms with Crippen molar-refractivity contribution in [1.29, 1.82) is 0 Å². The molecule has 0 spiro atoms. The van der Waals surface area contributed by atoms with E-state index in [0.717, 1.165) is 22.9 Å². The summed E-state index contributed by atoms with van der Waals surface area (Å²) in [5.74, 6) is -1.51. The zero-order valence-corrected chi connectivity index (χ0v) is 26.4. The minimum absolute atomic E-state index is 0.155. The van der Waals surface area contributed by atoms with Crippen LogP contribution >= 0.6 is 0 Å². The normalized spacial score (nSPS) is 23.7. The number of fused-ring (bicyclic) bond motifs is 2. The van der Waals surface area contributed by atoms with E-state index in [1.54, 1.807) is 22.9 Å². The lowest BCUT2D eigenvalue weighted by molar-refractivity contribution is -0.144. The molecule has 0 radical (unpaired) electrons. The van der Waals surface area contributed by atoms with Gasteiger partial charge in [0.2, 0.25) is 23.6 Å². The highest BCUT2D eigenvalue weighted by Gasteiger charge is 2.41. The van der Waals surface area contributed by atoms with Gasteiger partial charge in [-0.3, -0.25) is 24.0 Å². The lowest BCUT2D eigenvalue weighted by atomic mass is 9.95. The standard InChI is InChI=1S/C33H47N5O6/c1-5-21(3)29-33(43)37-18-12-17-28(37)32(42)34-25(15-9-7-8-13-23(39)6-2)30(40)35-26(31(41)36-29)19-22-20-38(44-4)27-16-11-10-14-24(22)27/h10-11,14,16,20-21,25-26,28-29H,5-9,12-13,15,17-19H2,1-4H3,(H,34,42)(H,35,40)(H,36,41)/t21?,25-,26+,28-,29+/m1/s1. The quantitative estimate of drug-likeness (QED) is 0.317. The van der Waals surface area contributed by atoms with Gasteiger partial charge in [0.25, 0.3) is 0 Å². The fraction of sp³-hybridized carbons (Fsp3) is 0.606. The summed E-state index contributed by atoms with van der Waals surface area (Å²) in [6, 6.07) is 4.21. The van der Waals surface area contributed by atoms with Crippen LogP contribution in [0.4, 0.5) is 0 Å². The minimum atomic E-state index is -1.01. The molecule has 3 N–H and O–H groups in total. The Bertz CT molecular complexity index is 1360. The second-order valence-electron chi connectivity index (χ2n) is 12.1. The number of Topliss-reactive ketones (excluding diaryl/α,β-unsaturated/α-hetero) is 1. The number of carbonyl (C=O) groups is 5. The first-order valence-corrected chi connectivity index (χ1v) is 16.0. The number of amides is 4. The molecule has 4 rings (SSSR count). The summed E-state index contributed by atoms with van der Waals surface area (Å²) < 4.78 is 1.62. The van der Waals surface area contributed by atoms with Gasteiger partial charge < -0.3 is 25.7 Å². The molecule has 0 bridgehead atoms. The molecule has 2 aromatic rings. The Hall–Kier alpha value is -3.89. The van der Waals surface area contributed by atoms with Crippen LogP contribution in [0.2, 0.25) is 0 Å². The van der Waals surface area contributed by atoms with Gasteiger partial charge in [0.05, 0.1) is 5.52 Å². The van der Waals surface area contributed by atoms with Crippen molar-refractivity contribution < 1.29 is 28.8 Å². The summed E-state index contributed by atoms with van der Waals surface area (Å²) in [6.07, 6.45) is 7.18. The van der Waals surface area contributed by atoms with Crippen molar-refractivity contribution in [2.75, 3.05) is 13.7 Å². The van der Waals surface area contributed by atoms with E-state index in [-0.39, 0.29) is 29.9 Å². The Morgan fingerprint density at radius 3 is 2.43 bits per heavy atom. The molecule has 1 aromatic heterocycles. The molecule has 240 valence electrons. The van der Waals surface area contributed by atoms with E-state index in [4.69, 9.17) is 4.84 Å². The summed E-state index contributed by atoms with van der Waals surface area (Å²) in [5.41, 5.74) is 1.62. The van der Waals surface area contributed by atoms with Gasteiger partial charge in [-0.25, -0.2) is 0 Å². The van der Waals surface area contributed by atoms with Crippen LogP contribution in [0.1, 0.15) is 84.1 Å². The number of hydrogen-bond donors (Lipinski definition) is 3. The first-order valence-electron chi connectivity index (χ1n) is 16.0. The van der Waals surface area contributed by atoms with Crippen LogP contribution in [0.25, 0.3) is 10.9 Å². The zero-order valence-electron chi connectivity index (χ0n) is 26.4. The predicted molar refractivity (Wildman–Crippen MR) is 167 cm³/mol. The van der Waals surface area contributed by atoms with Crippen LogP contribution in [0.5, 0.6) is 0 Å². The first kappa shape index (κ1) is 33.0. The average molecular weight is 610 g/mol. The first-order chi connectivity index (χ1) is 21.2. The van der Waals surface area contributed by atoms with E-state index in [1.165, 1.54) is 0 Å². The average Bonchev–Trinajstić information content (AvgIpc) is 3.66. The van der Waals surface area contributed by atoms with Crippen LogP contribution in [0.3, 0.4) is 0 Å². The molecule has 0 aliphatic carbocycles. The zero-order chi connectivity index (χ0) is 31.8. The van der Waals surface area contributed by atoms with Crippen molar-refractivity contribution in [2.24, 2.45) is 5.92 Å². The van der Waals surface area contributed by atoms with Crippen molar-refractivity contribution in [3.05, 3.63) is 36.0 Å². The maximum atomic E-state index is 14.0. The largest absolute Gasteiger partial charge is 0.417 e. The highest BCUT2D eigenvalue weighted by Crippen LogP contribution is 2.24. The van der Waals surface area contributed by atoms with E-state index in [0.29, 0.717) is 57.9 Å². The molecule has 1 unspecified atom stereocenters. The molecule has 11 nitrogen and oxygen atoms in total. The monoisotopic (exact) mass is 609 g/mol. The fourth-order valence-electron chi connectivity index (χ4n) is 6.21. The number of ketones is 1. The Balaban J connectivity index is 1.65. The van der Waals surface area contributed by atoms with Gasteiger partial charge in [-0.05, 0) is 43.2 Å². The second kappa shape index (κ2) is 15.2. The number of unbranched alkanes of at least 4 members (excludes halogenated alkanes) is 2. The van der Waals surface area contributed by atoms with Crippen LogP contribution in [0, 0.1) is 5.92 Å². The molecule has 1 aromatic carbocycles. The van der Waals surface area contributed by atoms with Gasteiger partial charge in [0.15, 0.2) is 0 Å². The molecule has 3 heterocycles. The van der Waals surface area contributed by atoms with Gasteiger partial charge in [-0.1, -0.05) is 58.2 Å². The molecule has 5 atom stereocenters. The van der Waals surface area contributed by atoms with Crippen molar-refractivity contribution in [3.8, 4) is 0 Å². The number of rotatable bonds is 12. The maximum absolute atomic E-state index is 14.0. The number of hydrogen-bond acceptors (Lipinski definition) is 6. The van der Waals surface area contributed by atoms with Crippen molar-refractivity contribution in [2.45, 2.75) is 109 Å².